The highest BCUT2D eigenvalue weighted by atomic mass is 35.5. The fourth-order valence-electron chi connectivity index (χ4n) is 3.03. The molecule has 0 fully saturated rings. The van der Waals surface area contributed by atoms with Crippen molar-refractivity contribution in [3.63, 3.8) is 0 Å². The zero-order chi connectivity index (χ0) is 17.5. The summed E-state index contributed by atoms with van der Waals surface area (Å²) >= 11 is 6.12. The molecule has 0 spiro atoms. The lowest BCUT2D eigenvalue weighted by Gasteiger charge is -2.29. The third-order valence-electron chi connectivity index (χ3n) is 4.23. The van der Waals surface area contributed by atoms with Crippen LogP contribution in [0.3, 0.4) is 0 Å². The van der Waals surface area contributed by atoms with Crippen molar-refractivity contribution in [3.05, 3.63) is 63.7 Å². The molecule has 0 bridgehead atoms. The summed E-state index contributed by atoms with van der Waals surface area (Å²) < 4.78 is 27.3. The van der Waals surface area contributed by atoms with Gasteiger partial charge in [-0.1, -0.05) is 35.9 Å². The molecule has 126 valence electrons. The number of nitrogens with zero attached hydrogens (tertiary/aromatic N) is 1. The fourth-order valence-corrected chi connectivity index (χ4v) is 5.23. The molecule has 0 aromatic heterocycles. The average molecular weight is 366 g/mol. The Kier molecular flexibility index (Phi) is 4.38. The monoisotopic (exact) mass is 365 g/mol. The zero-order valence-corrected chi connectivity index (χ0v) is 14.6. The average Bonchev–Trinajstić information content (AvgIpc) is 2.53. The Hall–Kier alpha value is -1.89. The van der Waals surface area contributed by atoms with Crippen LogP contribution in [0.15, 0.2) is 41.3 Å². The molecular formula is C17H16ClNO4S. The summed E-state index contributed by atoms with van der Waals surface area (Å²) in [5.74, 6) is -1.06. The van der Waals surface area contributed by atoms with Crippen LogP contribution in [0, 0.1) is 6.92 Å². The maximum atomic E-state index is 13.0. The van der Waals surface area contributed by atoms with Crippen LogP contribution in [-0.2, 0) is 23.0 Å². The Morgan fingerprint density at radius 3 is 2.58 bits per heavy atom. The molecule has 0 saturated carbocycles. The fraction of sp³-hybridized carbons (Fsp3) is 0.235. The number of fused-ring (bicyclic) bond motifs is 1. The summed E-state index contributed by atoms with van der Waals surface area (Å²) in [7, 11) is -3.80. The number of carboxylic acids is 1. The van der Waals surface area contributed by atoms with Crippen LogP contribution in [0.4, 0.5) is 0 Å². The molecule has 0 atom stereocenters. The maximum absolute atomic E-state index is 13.0. The van der Waals surface area contributed by atoms with Gasteiger partial charge in [0.15, 0.2) is 0 Å². The molecule has 2 aromatic carbocycles. The van der Waals surface area contributed by atoms with Gasteiger partial charge in [0, 0.05) is 13.1 Å². The number of halogens is 1. The zero-order valence-electron chi connectivity index (χ0n) is 13.0. The molecule has 0 radical (unpaired) electrons. The molecule has 0 unspecified atom stereocenters. The number of aromatic carboxylic acids is 1. The molecule has 24 heavy (non-hydrogen) atoms. The molecule has 7 heteroatoms. The summed E-state index contributed by atoms with van der Waals surface area (Å²) in [6.07, 6.45) is 0.471. The van der Waals surface area contributed by atoms with Crippen molar-refractivity contribution < 1.29 is 18.3 Å². The number of carbonyl (C=O) groups is 1. The van der Waals surface area contributed by atoms with Crippen LogP contribution in [0.1, 0.15) is 27.0 Å². The van der Waals surface area contributed by atoms with E-state index in [0.29, 0.717) is 24.1 Å². The first kappa shape index (κ1) is 17.0. The summed E-state index contributed by atoms with van der Waals surface area (Å²) in [5.41, 5.74) is 2.13. The molecule has 2 aromatic rings. The van der Waals surface area contributed by atoms with Gasteiger partial charge in [-0.05, 0) is 42.2 Å². The van der Waals surface area contributed by atoms with Gasteiger partial charge in [0.1, 0.15) is 4.90 Å². The van der Waals surface area contributed by atoms with E-state index >= 15 is 0 Å². The Bertz CT molecular complexity index is 904. The topological polar surface area (TPSA) is 74.7 Å². The lowest BCUT2D eigenvalue weighted by atomic mass is 9.96. The Labute approximate surface area is 145 Å². The second-order valence-corrected chi connectivity index (χ2v) is 8.00. The van der Waals surface area contributed by atoms with Gasteiger partial charge in [-0.25, -0.2) is 13.2 Å². The second-order valence-electron chi connectivity index (χ2n) is 5.72. The maximum Gasteiger partial charge on any atom is 0.336 e. The molecule has 0 aliphatic carbocycles. The van der Waals surface area contributed by atoms with Crippen LogP contribution in [-0.4, -0.2) is 30.3 Å². The van der Waals surface area contributed by atoms with E-state index in [2.05, 4.69) is 0 Å². The highest BCUT2D eigenvalue weighted by Gasteiger charge is 2.32. The number of hydrogen-bond donors (Lipinski definition) is 1. The molecule has 0 saturated heterocycles. The quantitative estimate of drug-likeness (QED) is 0.906. The van der Waals surface area contributed by atoms with Crippen molar-refractivity contribution in [2.24, 2.45) is 0 Å². The van der Waals surface area contributed by atoms with Gasteiger partial charge in [0.2, 0.25) is 10.0 Å². The smallest absolute Gasteiger partial charge is 0.336 e. The van der Waals surface area contributed by atoms with Crippen LogP contribution >= 0.6 is 11.6 Å². The second kappa shape index (κ2) is 6.20. The minimum absolute atomic E-state index is 0.0325. The largest absolute Gasteiger partial charge is 0.478 e. The van der Waals surface area contributed by atoms with E-state index in [1.165, 1.54) is 10.4 Å². The van der Waals surface area contributed by atoms with Crippen molar-refractivity contribution in [2.45, 2.75) is 24.8 Å². The molecular weight excluding hydrogens is 350 g/mol. The van der Waals surface area contributed by atoms with Crippen molar-refractivity contribution >= 4 is 27.6 Å². The van der Waals surface area contributed by atoms with Crippen LogP contribution in [0.25, 0.3) is 0 Å². The van der Waals surface area contributed by atoms with Gasteiger partial charge >= 0.3 is 5.97 Å². The standard InChI is InChI=1S/C17H16ClNO4S/c1-11-4-2-7-15(18)16(11)24(22,23)19-9-8-12-5-3-6-13(17(20)21)14(12)10-19/h2-7H,8-10H2,1H3,(H,20,21). The Morgan fingerprint density at radius 2 is 1.92 bits per heavy atom. The number of sulfonamides is 1. The van der Waals surface area contributed by atoms with E-state index in [0.717, 1.165) is 5.56 Å². The van der Waals surface area contributed by atoms with Gasteiger partial charge in [0.25, 0.3) is 0 Å². The van der Waals surface area contributed by atoms with E-state index in [1.807, 2.05) is 6.07 Å². The summed E-state index contributed by atoms with van der Waals surface area (Å²) in [4.78, 5) is 11.5. The van der Waals surface area contributed by atoms with Crippen molar-refractivity contribution in [1.29, 1.82) is 0 Å². The SMILES string of the molecule is Cc1cccc(Cl)c1S(=O)(=O)N1CCc2cccc(C(=O)O)c2C1. The Balaban J connectivity index is 2.06. The number of benzene rings is 2. The third-order valence-corrected chi connectivity index (χ3v) is 6.71. The molecule has 5 nitrogen and oxygen atoms in total. The summed E-state index contributed by atoms with van der Waals surface area (Å²) in [6, 6.07) is 9.96. The lowest BCUT2D eigenvalue weighted by molar-refractivity contribution is 0.0694. The molecule has 1 aliphatic heterocycles. The highest BCUT2D eigenvalue weighted by Crippen LogP contribution is 2.32. The molecule has 1 heterocycles. The minimum atomic E-state index is -3.80. The van der Waals surface area contributed by atoms with Crippen molar-refractivity contribution in [2.75, 3.05) is 6.54 Å². The predicted octanol–water partition coefficient (Wildman–Crippen LogP) is 3.09. The highest BCUT2D eigenvalue weighted by molar-refractivity contribution is 7.89. The molecule has 0 amide bonds. The van der Waals surface area contributed by atoms with E-state index in [4.69, 9.17) is 11.6 Å². The first-order valence-corrected chi connectivity index (χ1v) is 9.23. The van der Waals surface area contributed by atoms with E-state index in [1.54, 1.807) is 31.2 Å². The number of aryl methyl sites for hydroxylation is 1. The molecule has 1 aliphatic rings. The first-order chi connectivity index (χ1) is 11.3. The van der Waals surface area contributed by atoms with Crippen molar-refractivity contribution in [3.8, 4) is 0 Å². The third kappa shape index (κ3) is 2.81. The number of carboxylic acid groups (broad SMARTS) is 1. The molecule has 3 rings (SSSR count). The van der Waals surface area contributed by atoms with Gasteiger partial charge in [-0.3, -0.25) is 0 Å². The van der Waals surface area contributed by atoms with Crippen LogP contribution in [0.2, 0.25) is 5.02 Å². The number of rotatable bonds is 3. The van der Waals surface area contributed by atoms with Gasteiger partial charge < -0.3 is 5.11 Å². The molecule has 1 N–H and O–H groups in total. The van der Waals surface area contributed by atoms with E-state index < -0.39 is 16.0 Å². The lowest BCUT2D eigenvalue weighted by Crippen LogP contribution is -2.37. The van der Waals surface area contributed by atoms with E-state index in [-0.39, 0.29) is 22.0 Å². The minimum Gasteiger partial charge on any atom is -0.478 e. The van der Waals surface area contributed by atoms with Gasteiger partial charge in [0.05, 0.1) is 10.6 Å². The first-order valence-electron chi connectivity index (χ1n) is 7.41. The predicted molar refractivity (Wildman–Crippen MR) is 90.9 cm³/mol. The van der Waals surface area contributed by atoms with Crippen LogP contribution in [0.5, 0.6) is 0 Å². The summed E-state index contributed by atoms with van der Waals surface area (Å²) in [6.45, 7) is 2.02. The van der Waals surface area contributed by atoms with Crippen molar-refractivity contribution in [1.82, 2.24) is 4.31 Å². The summed E-state index contributed by atoms with van der Waals surface area (Å²) in [5, 5.41) is 9.52. The Morgan fingerprint density at radius 1 is 1.21 bits per heavy atom. The van der Waals surface area contributed by atoms with E-state index in [9.17, 15) is 18.3 Å². The normalized spacial score (nSPS) is 15.1. The van der Waals surface area contributed by atoms with Gasteiger partial charge in [-0.15, -0.1) is 0 Å². The van der Waals surface area contributed by atoms with Gasteiger partial charge in [-0.2, -0.15) is 4.31 Å². The van der Waals surface area contributed by atoms with Crippen LogP contribution < -0.4 is 0 Å². The number of hydrogen-bond acceptors (Lipinski definition) is 3.